The molecule has 0 atom stereocenters. The number of benzene rings is 2. The summed E-state index contributed by atoms with van der Waals surface area (Å²) in [6.45, 7) is 4.25. The lowest BCUT2D eigenvalue weighted by Crippen LogP contribution is -2.33. The summed E-state index contributed by atoms with van der Waals surface area (Å²) in [6, 6.07) is 16.9. The predicted molar refractivity (Wildman–Crippen MR) is 118 cm³/mol. The van der Waals surface area contributed by atoms with Gasteiger partial charge in [0, 0.05) is 17.0 Å². The topological polar surface area (TPSA) is 68.7 Å². The number of amides is 1. The fraction of sp³-hybridized carbons (Fsp3) is 0.261. The van der Waals surface area contributed by atoms with Gasteiger partial charge in [-0.2, -0.15) is 0 Å². The van der Waals surface area contributed by atoms with E-state index < -0.39 is 5.97 Å². The van der Waals surface area contributed by atoms with Gasteiger partial charge >= 0.3 is 5.97 Å². The third kappa shape index (κ3) is 5.04. The van der Waals surface area contributed by atoms with E-state index >= 15 is 0 Å². The van der Waals surface area contributed by atoms with Gasteiger partial charge in [0.15, 0.2) is 10.8 Å². The van der Waals surface area contributed by atoms with Crippen molar-refractivity contribution in [2.45, 2.75) is 20.3 Å². The minimum absolute atomic E-state index is 0.200. The molecule has 3 rings (SSSR count). The summed E-state index contributed by atoms with van der Waals surface area (Å²) < 4.78 is 10.3. The van der Waals surface area contributed by atoms with Crippen molar-refractivity contribution in [3.63, 3.8) is 0 Å². The van der Waals surface area contributed by atoms with Crippen molar-refractivity contribution >= 4 is 28.3 Å². The van der Waals surface area contributed by atoms with Crippen LogP contribution >= 0.6 is 11.3 Å². The van der Waals surface area contributed by atoms with Crippen molar-refractivity contribution in [2.75, 3.05) is 25.2 Å². The number of methoxy groups -OCH3 is 1. The van der Waals surface area contributed by atoms with Crippen LogP contribution in [0.25, 0.3) is 0 Å². The first-order valence-corrected chi connectivity index (χ1v) is 10.5. The Bertz CT molecular complexity index is 1020. The monoisotopic (exact) mass is 424 g/mol. The molecule has 1 amide bonds. The van der Waals surface area contributed by atoms with E-state index in [2.05, 4.69) is 4.98 Å². The molecule has 7 heteroatoms. The molecule has 1 aromatic heterocycles. The molecule has 0 N–H and O–H groups in total. The third-order valence-corrected chi connectivity index (χ3v) is 5.51. The minimum atomic E-state index is -0.477. The number of ether oxygens (including phenoxy) is 2. The fourth-order valence-corrected chi connectivity index (χ4v) is 3.89. The van der Waals surface area contributed by atoms with Crippen LogP contribution in [0.3, 0.4) is 0 Å². The van der Waals surface area contributed by atoms with Crippen LogP contribution < -0.4 is 9.64 Å². The highest BCUT2D eigenvalue weighted by Gasteiger charge is 2.25. The molecule has 3 aromatic rings. The van der Waals surface area contributed by atoms with Gasteiger partial charge in [-0.3, -0.25) is 9.69 Å². The van der Waals surface area contributed by atoms with E-state index in [1.54, 1.807) is 50.1 Å². The van der Waals surface area contributed by atoms with Crippen LogP contribution in [0, 0.1) is 6.92 Å². The molecule has 0 spiro atoms. The first-order valence-electron chi connectivity index (χ1n) is 9.68. The second kappa shape index (κ2) is 10.0. The van der Waals surface area contributed by atoms with Gasteiger partial charge in [0.25, 0.3) is 5.91 Å². The van der Waals surface area contributed by atoms with Crippen LogP contribution in [0.5, 0.6) is 5.75 Å². The Kier molecular flexibility index (Phi) is 7.19. The van der Waals surface area contributed by atoms with E-state index in [4.69, 9.17) is 9.47 Å². The number of nitrogens with zero attached hydrogens (tertiary/aromatic N) is 2. The number of aromatic nitrogens is 1. The van der Waals surface area contributed by atoms with Gasteiger partial charge < -0.3 is 9.47 Å². The zero-order chi connectivity index (χ0) is 21.5. The van der Waals surface area contributed by atoms with Gasteiger partial charge in [-0.1, -0.05) is 36.4 Å². The third-order valence-electron chi connectivity index (χ3n) is 4.51. The van der Waals surface area contributed by atoms with Crippen LogP contribution in [0.1, 0.15) is 38.2 Å². The first-order chi connectivity index (χ1) is 14.5. The Hall–Kier alpha value is -3.19. The molecule has 0 fully saturated rings. The lowest BCUT2D eigenvalue weighted by Gasteiger charge is -2.20. The molecule has 6 nitrogen and oxygen atoms in total. The summed E-state index contributed by atoms with van der Waals surface area (Å²) in [7, 11) is 1.56. The van der Waals surface area contributed by atoms with Crippen molar-refractivity contribution in [3.8, 4) is 5.75 Å². The van der Waals surface area contributed by atoms with Gasteiger partial charge in [-0.15, -0.1) is 11.3 Å². The van der Waals surface area contributed by atoms with E-state index in [1.165, 1.54) is 11.3 Å². The number of thiazole rings is 1. The Morgan fingerprint density at radius 2 is 1.87 bits per heavy atom. The molecule has 156 valence electrons. The average molecular weight is 425 g/mol. The van der Waals surface area contributed by atoms with Crippen molar-refractivity contribution in [2.24, 2.45) is 0 Å². The fourth-order valence-electron chi connectivity index (χ4n) is 2.97. The summed E-state index contributed by atoms with van der Waals surface area (Å²) in [6.07, 6.45) is 0.657. The zero-order valence-electron chi connectivity index (χ0n) is 17.3. The summed E-state index contributed by atoms with van der Waals surface area (Å²) in [5, 5.41) is 0.472. The summed E-state index contributed by atoms with van der Waals surface area (Å²) in [4.78, 5) is 32.4. The highest BCUT2D eigenvalue weighted by molar-refractivity contribution is 7.16. The van der Waals surface area contributed by atoms with Gasteiger partial charge in [0.05, 0.1) is 13.7 Å². The standard InChI is InChI=1S/C23H24N2O4S/c1-4-29-22(27)20-16(2)30-23(24-20)25(14-13-17-9-6-5-7-10-17)21(26)18-11-8-12-19(15-18)28-3/h5-12,15H,4,13-14H2,1-3H3. The van der Waals surface area contributed by atoms with Crippen LogP contribution in [0.4, 0.5) is 5.13 Å². The largest absolute Gasteiger partial charge is 0.497 e. The molecule has 0 unspecified atom stereocenters. The maximum Gasteiger partial charge on any atom is 0.358 e. The maximum absolute atomic E-state index is 13.4. The van der Waals surface area contributed by atoms with Gasteiger partial charge in [-0.25, -0.2) is 9.78 Å². The molecule has 30 heavy (non-hydrogen) atoms. The van der Waals surface area contributed by atoms with Gasteiger partial charge in [-0.05, 0) is 44.0 Å². The maximum atomic E-state index is 13.4. The van der Waals surface area contributed by atoms with E-state index in [0.29, 0.717) is 34.3 Å². The van der Waals surface area contributed by atoms with Crippen LogP contribution in [0.2, 0.25) is 0 Å². The summed E-state index contributed by atoms with van der Waals surface area (Å²) in [5.74, 6) is -0.0743. The van der Waals surface area contributed by atoms with Gasteiger partial charge in [0.2, 0.25) is 0 Å². The number of anilines is 1. The number of carbonyl (C=O) groups excluding carboxylic acids is 2. The number of carbonyl (C=O) groups is 2. The zero-order valence-corrected chi connectivity index (χ0v) is 18.1. The summed E-state index contributed by atoms with van der Waals surface area (Å²) >= 11 is 1.31. The summed E-state index contributed by atoms with van der Waals surface area (Å²) in [5.41, 5.74) is 1.85. The van der Waals surface area contributed by atoms with Gasteiger partial charge in [0.1, 0.15) is 5.75 Å². The Balaban J connectivity index is 1.93. The van der Waals surface area contributed by atoms with Crippen molar-refractivity contribution < 1.29 is 19.1 Å². The Labute approximate surface area is 180 Å². The average Bonchev–Trinajstić information content (AvgIpc) is 3.16. The lowest BCUT2D eigenvalue weighted by molar-refractivity contribution is 0.0519. The molecule has 0 saturated heterocycles. The number of esters is 1. The number of aryl methyl sites for hydroxylation is 1. The Morgan fingerprint density at radius 1 is 1.10 bits per heavy atom. The Morgan fingerprint density at radius 3 is 2.57 bits per heavy atom. The molecular weight excluding hydrogens is 400 g/mol. The predicted octanol–water partition coefficient (Wildman–Crippen LogP) is 4.53. The molecule has 0 bridgehead atoms. The van der Waals surface area contributed by atoms with Crippen molar-refractivity contribution in [1.29, 1.82) is 0 Å². The van der Waals surface area contributed by atoms with Crippen molar-refractivity contribution in [1.82, 2.24) is 4.98 Å². The van der Waals surface area contributed by atoms with E-state index in [-0.39, 0.29) is 18.2 Å². The normalized spacial score (nSPS) is 10.5. The van der Waals surface area contributed by atoms with E-state index in [9.17, 15) is 9.59 Å². The lowest BCUT2D eigenvalue weighted by atomic mass is 10.1. The quantitative estimate of drug-likeness (QED) is 0.497. The highest BCUT2D eigenvalue weighted by Crippen LogP contribution is 2.28. The molecule has 0 aliphatic rings. The van der Waals surface area contributed by atoms with E-state index in [0.717, 1.165) is 5.56 Å². The number of hydrogen-bond donors (Lipinski definition) is 0. The molecule has 2 aromatic carbocycles. The number of rotatable bonds is 8. The van der Waals surface area contributed by atoms with Crippen LogP contribution in [0.15, 0.2) is 54.6 Å². The molecule has 0 aliphatic heterocycles. The van der Waals surface area contributed by atoms with Crippen LogP contribution in [-0.2, 0) is 11.2 Å². The number of hydrogen-bond acceptors (Lipinski definition) is 6. The minimum Gasteiger partial charge on any atom is -0.497 e. The van der Waals surface area contributed by atoms with Crippen LogP contribution in [-0.4, -0.2) is 37.1 Å². The highest BCUT2D eigenvalue weighted by atomic mass is 32.1. The second-order valence-corrected chi connectivity index (χ2v) is 7.73. The van der Waals surface area contributed by atoms with Crippen molar-refractivity contribution in [3.05, 3.63) is 76.3 Å². The van der Waals surface area contributed by atoms with E-state index in [1.807, 2.05) is 30.3 Å². The molecule has 0 radical (unpaired) electrons. The smallest absolute Gasteiger partial charge is 0.358 e. The molecule has 0 saturated carbocycles. The first kappa shape index (κ1) is 21.5. The molecule has 0 aliphatic carbocycles. The SMILES string of the molecule is CCOC(=O)c1nc(N(CCc2ccccc2)C(=O)c2cccc(OC)c2)sc1C. The molecule has 1 heterocycles. The molecular formula is C23H24N2O4S. The second-order valence-electron chi connectivity index (χ2n) is 6.55.